The van der Waals surface area contributed by atoms with Crippen molar-refractivity contribution in [3.05, 3.63) is 29.8 Å². The van der Waals surface area contributed by atoms with Crippen LogP contribution < -0.4 is 4.72 Å². The molecule has 1 N–H and O–H groups in total. The van der Waals surface area contributed by atoms with Gasteiger partial charge in [0.1, 0.15) is 0 Å². The minimum absolute atomic E-state index is 0.0122. The minimum atomic E-state index is -3.29. The summed E-state index contributed by atoms with van der Waals surface area (Å²) in [6.45, 7) is 1.58. The fraction of sp³-hybridized carbons (Fsp3) is 0.533. The second kappa shape index (κ2) is 7.37. The highest BCUT2D eigenvalue weighted by molar-refractivity contribution is 7.99. The predicted molar refractivity (Wildman–Crippen MR) is 92.0 cm³/mol. The van der Waals surface area contributed by atoms with Crippen molar-refractivity contribution in [1.29, 1.82) is 0 Å². The predicted octanol–water partition coefficient (Wildman–Crippen LogP) is 2.42. The minimum Gasteiger partial charge on any atom is -0.339 e. The van der Waals surface area contributed by atoms with Gasteiger partial charge in [0, 0.05) is 24.3 Å². The zero-order valence-corrected chi connectivity index (χ0v) is 14.5. The summed E-state index contributed by atoms with van der Waals surface area (Å²) >= 11 is 1.93. The molecule has 7 heteroatoms. The van der Waals surface area contributed by atoms with E-state index in [2.05, 4.69) is 4.72 Å². The molecule has 0 atom stereocenters. The molecule has 0 bridgehead atoms. The number of rotatable bonds is 5. The van der Waals surface area contributed by atoms with Crippen molar-refractivity contribution in [2.45, 2.75) is 25.8 Å². The summed E-state index contributed by atoms with van der Waals surface area (Å²) in [6.07, 6.45) is 2.06. The van der Waals surface area contributed by atoms with Crippen LogP contribution in [0, 0.1) is 0 Å². The van der Waals surface area contributed by atoms with Crippen molar-refractivity contribution in [3.63, 3.8) is 0 Å². The number of hydrogen-bond acceptors (Lipinski definition) is 4. The maximum absolute atomic E-state index is 12.5. The average Bonchev–Trinajstić information content (AvgIpc) is 2.55. The molecule has 1 heterocycles. The van der Waals surface area contributed by atoms with Crippen LogP contribution in [0.2, 0.25) is 0 Å². The fourth-order valence-electron chi connectivity index (χ4n) is 2.37. The van der Waals surface area contributed by atoms with Crippen LogP contribution in [0.4, 0.5) is 5.69 Å². The molecule has 0 aliphatic carbocycles. The lowest BCUT2D eigenvalue weighted by atomic mass is 10.1. The van der Waals surface area contributed by atoms with E-state index < -0.39 is 10.0 Å². The molecule has 1 aromatic carbocycles. The fourth-order valence-corrected chi connectivity index (χ4v) is 4.10. The lowest BCUT2D eigenvalue weighted by Crippen LogP contribution is -2.39. The van der Waals surface area contributed by atoms with Gasteiger partial charge in [-0.3, -0.25) is 9.52 Å². The third-order valence-electron chi connectivity index (χ3n) is 3.84. The number of nitrogens with zero attached hydrogens (tertiary/aromatic N) is 1. The van der Waals surface area contributed by atoms with Gasteiger partial charge in [0.15, 0.2) is 0 Å². The van der Waals surface area contributed by atoms with E-state index in [-0.39, 0.29) is 11.7 Å². The summed E-state index contributed by atoms with van der Waals surface area (Å²) < 4.78 is 25.5. The van der Waals surface area contributed by atoms with Crippen LogP contribution in [0.15, 0.2) is 24.3 Å². The van der Waals surface area contributed by atoms with Crippen molar-refractivity contribution < 1.29 is 13.2 Å². The number of sulfonamides is 1. The molecule has 1 fully saturated rings. The van der Waals surface area contributed by atoms with Crippen molar-refractivity contribution in [2.24, 2.45) is 0 Å². The molecule has 2 rings (SSSR count). The Kier molecular flexibility index (Phi) is 5.74. The highest BCUT2D eigenvalue weighted by atomic mass is 32.2. The highest BCUT2D eigenvalue weighted by Crippen LogP contribution is 2.22. The number of hydrogen-bond donors (Lipinski definition) is 1. The first kappa shape index (κ1) is 17.1. The molecule has 5 nitrogen and oxygen atoms in total. The summed E-state index contributed by atoms with van der Waals surface area (Å²) in [5.74, 6) is 2.21. The van der Waals surface area contributed by atoms with Crippen LogP contribution in [0.25, 0.3) is 0 Å². The zero-order chi connectivity index (χ0) is 16.2. The number of amides is 1. The second-order valence-electron chi connectivity index (χ2n) is 5.34. The van der Waals surface area contributed by atoms with Crippen LogP contribution >= 0.6 is 11.8 Å². The van der Waals surface area contributed by atoms with Gasteiger partial charge in [0.25, 0.3) is 5.91 Å². The molecule has 0 spiro atoms. The molecular formula is C15H22N2O3S2. The van der Waals surface area contributed by atoms with Gasteiger partial charge in [0.2, 0.25) is 10.0 Å². The van der Waals surface area contributed by atoms with Crippen molar-refractivity contribution in [2.75, 3.05) is 29.0 Å². The summed E-state index contributed by atoms with van der Waals surface area (Å²) in [5.41, 5.74) is 1.07. The smallest absolute Gasteiger partial charge is 0.253 e. The standard InChI is InChI=1S/C15H22N2O3S2/c1-3-22(19,20)16-13-6-4-12(5-7-13)15(18)17(2)14-8-10-21-11-9-14/h4-7,14,16H,3,8-11H2,1-2H3. The summed E-state index contributed by atoms with van der Waals surface area (Å²) in [5, 5.41) is 0. The number of carbonyl (C=O) groups is 1. The van der Waals surface area contributed by atoms with E-state index in [1.807, 2.05) is 23.7 Å². The molecule has 1 saturated heterocycles. The van der Waals surface area contributed by atoms with Crippen LogP contribution in [0.5, 0.6) is 0 Å². The molecule has 122 valence electrons. The number of anilines is 1. The van der Waals surface area contributed by atoms with Crippen LogP contribution in [0.3, 0.4) is 0 Å². The summed E-state index contributed by atoms with van der Waals surface area (Å²) in [6, 6.07) is 6.90. The van der Waals surface area contributed by atoms with Crippen LogP contribution in [0.1, 0.15) is 30.1 Å². The molecule has 1 amide bonds. The van der Waals surface area contributed by atoms with Crippen molar-refractivity contribution in [3.8, 4) is 0 Å². The third-order valence-corrected chi connectivity index (χ3v) is 6.20. The largest absolute Gasteiger partial charge is 0.339 e. The first-order valence-corrected chi connectivity index (χ1v) is 10.2. The quantitative estimate of drug-likeness (QED) is 0.892. The molecule has 1 aliphatic heterocycles. The molecule has 22 heavy (non-hydrogen) atoms. The number of nitrogens with one attached hydrogen (secondary N) is 1. The van der Waals surface area contributed by atoms with Gasteiger partial charge < -0.3 is 4.90 Å². The Balaban J connectivity index is 2.04. The van der Waals surface area contributed by atoms with E-state index in [0.29, 0.717) is 17.3 Å². The number of thioether (sulfide) groups is 1. The molecule has 0 saturated carbocycles. The third kappa shape index (κ3) is 4.39. The first-order valence-electron chi connectivity index (χ1n) is 7.38. The van der Waals surface area contributed by atoms with E-state index in [9.17, 15) is 13.2 Å². The SMILES string of the molecule is CCS(=O)(=O)Nc1ccc(C(=O)N(C)C2CCSCC2)cc1. The Morgan fingerprint density at radius 2 is 1.86 bits per heavy atom. The first-order chi connectivity index (χ1) is 10.4. The van der Waals surface area contributed by atoms with Gasteiger partial charge in [-0.1, -0.05) is 0 Å². The average molecular weight is 342 g/mol. The molecule has 1 aliphatic rings. The van der Waals surface area contributed by atoms with Crippen LogP contribution in [-0.2, 0) is 10.0 Å². The maximum Gasteiger partial charge on any atom is 0.253 e. The molecular weight excluding hydrogens is 320 g/mol. The number of benzene rings is 1. The van der Waals surface area contributed by atoms with Crippen molar-refractivity contribution in [1.82, 2.24) is 4.90 Å². The van der Waals surface area contributed by atoms with E-state index in [4.69, 9.17) is 0 Å². The Hall–Kier alpha value is -1.21. The monoisotopic (exact) mass is 342 g/mol. The van der Waals surface area contributed by atoms with E-state index in [0.717, 1.165) is 24.3 Å². The lowest BCUT2D eigenvalue weighted by Gasteiger charge is -2.31. The van der Waals surface area contributed by atoms with E-state index >= 15 is 0 Å². The highest BCUT2D eigenvalue weighted by Gasteiger charge is 2.23. The Labute approximate surface area is 136 Å². The van der Waals surface area contributed by atoms with Gasteiger partial charge in [-0.15, -0.1) is 0 Å². The van der Waals surface area contributed by atoms with Crippen molar-refractivity contribution >= 4 is 33.4 Å². The Morgan fingerprint density at radius 1 is 1.27 bits per heavy atom. The zero-order valence-electron chi connectivity index (χ0n) is 12.9. The van der Waals surface area contributed by atoms with Gasteiger partial charge in [0.05, 0.1) is 5.75 Å². The van der Waals surface area contributed by atoms with E-state index in [1.54, 1.807) is 31.2 Å². The normalized spacial score (nSPS) is 16.3. The topological polar surface area (TPSA) is 66.5 Å². The van der Waals surface area contributed by atoms with Gasteiger partial charge in [-0.25, -0.2) is 8.42 Å². The number of carbonyl (C=O) groups excluding carboxylic acids is 1. The summed E-state index contributed by atoms with van der Waals surface area (Å²) in [7, 11) is -1.44. The molecule has 1 aromatic rings. The van der Waals surface area contributed by atoms with Gasteiger partial charge in [-0.05, 0) is 55.5 Å². The molecule has 0 unspecified atom stereocenters. The summed E-state index contributed by atoms with van der Waals surface area (Å²) in [4.78, 5) is 14.3. The van der Waals surface area contributed by atoms with Gasteiger partial charge >= 0.3 is 0 Å². The Bertz CT molecular complexity index is 608. The maximum atomic E-state index is 12.5. The Morgan fingerprint density at radius 3 is 2.41 bits per heavy atom. The van der Waals surface area contributed by atoms with E-state index in [1.165, 1.54) is 0 Å². The van der Waals surface area contributed by atoms with Gasteiger partial charge in [-0.2, -0.15) is 11.8 Å². The second-order valence-corrected chi connectivity index (χ2v) is 8.58. The lowest BCUT2D eigenvalue weighted by molar-refractivity contribution is 0.0723. The molecule has 0 radical (unpaired) electrons. The van der Waals surface area contributed by atoms with Crippen LogP contribution in [-0.4, -0.2) is 49.6 Å². The molecule has 0 aromatic heterocycles.